The van der Waals surface area contributed by atoms with Gasteiger partial charge < -0.3 is 15.2 Å². The summed E-state index contributed by atoms with van der Waals surface area (Å²) in [5.74, 6) is 1.11. The van der Waals surface area contributed by atoms with Crippen molar-refractivity contribution >= 4 is 11.6 Å². The summed E-state index contributed by atoms with van der Waals surface area (Å²) in [4.78, 5) is 2.31. The van der Waals surface area contributed by atoms with Gasteiger partial charge in [-0.3, -0.25) is 4.90 Å². The molecule has 0 aromatic heterocycles. The van der Waals surface area contributed by atoms with Crippen molar-refractivity contribution in [1.82, 2.24) is 4.90 Å². The summed E-state index contributed by atoms with van der Waals surface area (Å²) in [6, 6.07) is 21.5. The molecule has 3 aromatic carbocycles. The molecule has 1 saturated carbocycles. The summed E-state index contributed by atoms with van der Waals surface area (Å²) in [6.45, 7) is 1.57. The fourth-order valence-electron chi connectivity index (χ4n) is 4.57. The van der Waals surface area contributed by atoms with Crippen LogP contribution in [0.15, 0.2) is 66.7 Å². The fourth-order valence-corrected chi connectivity index (χ4v) is 4.79. The van der Waals surface area contributed by atoms with Crippen molar-refractivity contribution in [3.63, 3.8) is 0 Å². The number of ether oxygens (including phenoxy) is 2. The Morgan fingerprint density at radius 1 is 0.912 bits per heavy atom. The molecule has 0 unspecified atom stereocenters. The van der Waals surface area contributed by atoms with E-state index in [9.17, 15) is 4.39 Å². The van der Waals surface area contributed by atoms with Crippen LogP contribution in [0.3, 0.4) is 0 Å². The number of benzene rings is 3. The number of nitrogens with two attached hydrogens (primary N) is 1. The number of halogens is 2. The molecule has 1 fully saturated rings. The van der Waals surface area contributed by atoms with Gasteiger partial charge in [0, 0.05) is 35.8 Å². The van der Waals surface area contributed by atoms with Gasteiger partial charge in [-0.2, -0.15) is 0 Å². The second-order valence-corrected chi connectivity index (χ2v) is 9.34. The van der Waals surface area contributed by atoms with Gasteiger partial charge in [0.25, 0.3) is 0 Å². The molecule has 0 spiro atoms. The first-order valence-electron chi connectivity index (χ1n) is 11.8. The van der Waals surface area contributed by atoms with Crippen LogP contribution in [0.2, 0.25) is 5.02 Å². The monoisotopic (exact) mass is 482 g/mol. The normalized spacial score (nSPS) is 18.1. The van der Waals surface area contributed by atoms with Crippen molar-refractivity contribution in [2.45, 2.75) is 57.5 Å². The lowest BCUT2D eigenvalue weighted by atomic mass is 9.90. The Balaban J connectivity index is 1.52. The molecular formula is C28H32ClFN2O2. The van der Waals surface area contributed by atoms with Crippen LogP contribution in [0.1, 0.15) is 42.4 Å². The summed E-state index contributed by atoms with van der Waals surface area (Å²) >= 11 is 6.37. The molecule has 180 valence electrons. The van der Waals surface area contributed by atoms with Crippen LogP contribution in [0, 0.1) is 5.82 Å². The second-order valence-electron chi connectivity index (χ2n) is 8.93. The summed E-state index contributed by atoms with van der Waals surface area (Å²) in [7, 11) is 1.65. The minimum absolute atomic E-state index is 0.247. The van der Waals surface area contributed by atoms with E-state index in [4.69, 9.17) is 26.8 Å². The van der Waals surface area contributed by atoms with Gasteiger partial charge in [-0.15, -0.1) is 0 Å². The van der Waals surface area contributed by atoms with Crippen LogP contribution < -0.4 is 15.2 Å². The minimum atomic E-state index is -0.271. The lowest BCUT2D eigenvalue weighted by Crippen LogP contribution is -2.40. The van der Waals surface area contributed by atoms with E-state index in [1.54, 1.807) is 19.2 Å². The third-order valence-electron chi connectivity index (χ3n) is 6.53. The highest BCUT2D eigenvalue weighted by Gasteiger charge is 2.26. The Kier molecular flexibility index (Phi) is 8.44. The molecular weight excluding hydrogens is 451 g/mol. The first kappa shape index (κ1) is 24.5. The van der Waals surface area contributed by atoms with Crippen molar-refractivity contribution < 1.29 is 13.9 Å². The number of rotatable bonds is 9. The van der Waals surface area contributed by atoms with E-state index in [2.05, 4.69) is 4.90 Å². The lowest BCUT2D eigenvalue weighted by Gasteiger charge is -2.36. The molecule has 0 aliphatic heterocycles. The molecule has 34 heavy (non-hydrogen) atoms. The number of methoxy groups -OCH3 is 1. The van der Waals surface area contributed by atoms with Gasteiger partial charge in [-0.05, 0) is 61.1 Å². The standard InChI is InChI=1S/C28H32ClFN2O2/c1-33-28-16-21(10-15-27(28)34-19-20-6-3-2-4-7-20)17-32(23-13-11-22(31)12-14-23)18-24-25(29)8-5-9-26(24)30/h2-10,15-16,22-23H,11-14,17-19,31H2,1H3. The molecule has 0 heterocycles. The fraction of sp³-hybridized carbons (Fsp3) is 0.357. The third kappa shape index (κ3) is 6.29. The first-order chi connectivity index (χ1) is 16.5. The van der Waals surface area contributed by atoms with Gasteiger partial charge in [0.15, 0.2) is 11.5 Å². The van der Waals surface area contributed by atoms with E-state index in [1.807, 2.05) is 48.5 Å². The summed E-state index contributed by atoms with van der Waals surface area (Å²) in [6.07, 6.45) is 3.93. The van der Waals surface area contributed by atoms with Crippen molar-refractivity contribution in [2.24, 2.45) is 5.73 Å². The highest BCUT2D eigenvalue weighted by atomic mass is 35.5. The van der Waals surface area contributed by atoms with E-state index in [0.717, 1.165) is 36.8 Å². The molecule has 0 radical (unpaired) electrons. The molecule has 4 nitrogen and oxygen atoms in total. The van der Waals surface area contributed by atoms with E-state index < -0.39 is 0 Å². The number of nitrogens with zero attached hydrogens (tertiary/aromatic N) is 1. The Labute approximate surface area is 206 Å². The average molecular weight is 483 g/mol. The van der Waals surface area contributed by atoms with Crippen LogP contribution in [0.4, 0.5) is 4.39 Å². The topological polar surface area (TPSA) is 47.7 Å². The largest absolute Gasteiger partial charge is 0.493 e. The van der Waals surface area contributed by atoms with Crippen LogP contribution in [0.25, 0.3) is 0 Å². The van der Waals surface area contributed by atoms with E-state index in [1.165, 1.54) is 6.07 Å². The molecule has 0 bridgehead atoms. The van der Waals surface area contributed by atoms with E-state index >= 15 is 0 Å². The van der Waals surface area contributed by atoms with Crippen molar-refractivity contribution in [2.75, 3.05) is 7.11 Å². The second kappa shape index (κ2) is 11.7. The Morgan fingerprint density at radius 2 is 1.68 bits per heavy atom. The predicted molar refractivity (Wildman–Crippen MR) is 135 cm³/mol. The number of hydrogen-bond acceptors (Lipinski definition) is 4. The zero-order valence-electron chi connectivity index (χ0n) is 19.6. The van der Waals surface area contributed by atoms with Gasteiger partial charge in [-0.1, -0.05) is 54.1 Å². The Bertz CT molecular complexity index is 1050. The molecule has 0 saturated heterocycles. The van der Waals surface area contributed by atoms with Gasteiger partial charge >= 0.3 is 0 Å². The highest BCUT2D eigenvalue weighted by molar-refractivity contribution is 6.31. The molecule has 2 N–H and O–H groups in total. The van der Waals surface area contributed by atoms with Crippen molar-refractivity contribution in [1.29, 1.82) is 0 Å². The third-order valence-corrected chi connectivity index (χ3v) is 6.89. The van der Waals surface area contributed by atoms with Crippen LogP contribution >= 0.6 is 11.6 Å². The maximum absolute atomic E-state index is 14.6. The summed E-state index contributed by atoms with van der Waals surface area (Å²) in [5.41, 5.74) is 8.85. The predicted octanol–water partition coefficient (Wildman–Crippen LogP) is 6.34. The molecule has 0 amide bonds. The minimum Gasteiger partial charge on any atom is -0.493 e. The average Bonchev–Trinajstić information content (AvgIpc) is 2.86. The van der Waals surface area contributed by atoms with Crippen molar-refractivity contribution in [3.8, 4) is 11.5 Å². The van der Waals surface area contributed by atoms with Gasteiger partial charge in [0.1, 0.15) is 12.4 Å². The van der Waals surface area contributed by atoms with Gasteiger partial charge in [0.05, 0.1) is 7.11 Å². The quantitative estimate of drug-likeness (QED) is 0.386. The zero-order valence-corrected chi connectivity index (χ0v) is 20.3. The maximum Gasteiger partial charge on any atom is 0.161 e. The zero-order chi connectivity index (χ0) is 23.9. The van der Waals surface area contributed by atoms with Gasteiger partial charge in [0.2, 0.25) is 0 Å². The van der Waals surface area contributed by atoms with Crippen LogP contribution in [0.5, 0.6) is 11.5 Å². The maximum atomic E-state index is 14.6. The number of hydrogen-bond donors (Lipinski definition) is 1. The van der Waals surface area contributed by atoms with E-state index in [-0.39, 0.29) is 11.9 Å². The summed E-state index contributed by atoms with van der Waals surface area (Å²) < 4.78 is 26.2. The first-order valence-corrected chi connectivity index (χ1v) is 12.2. The Hall–Kier alpha value is -2.60. The van der Waals surface area contributed by atoms with Gasteiger partial charge in [-0.25, -0.2) is 4.39 Å². The van der Waals surface area contributed by atoms with E-state index in [0.29, 0.717) is 47.8 Å². The lowest BCUT2D eigenvalue weighted by molar-refractivity contribution is 0.132. The molecule has 3 aromatic rings. The molecule has 6 heteroatoms. The Morgan fingerprint density at radius 3 is 2.38 bits per heavy atom. The molecule has 0 atom stereocenters. The highest BCUT2D eigenvalue weighted by Crippen LogP contribution is 2.32. The molecule has 1 aliphatic carbocycles. The van der Waals surface area contributed by atoms with Crippen molar-refractivity contribution in [3.05, 3.63) is 94.3 Å². The van der Waals surface area contributed by atoms with Crippen LogP contribution in [-0.2, 0) is 19.7 Å². The SMILES string of the molecule is COc1cc(CN(Cc2c(F)cccc2Cl)C2CCC(N)CC2)ccc1OCc1ccccc1. The van der Waals surface area contributed by atoms with Crippen LogP contribution in [-0.4, -0.2) is 24.1 Å². The smallest absolute Gasteiger partial charge is 0.161 e. The summed E-state index contributed by atoms with van der Waals surface area (Å²) in [5, 5.41) is 0.458. The molecule has 4 rings (SSSR count). The molecule has 1 aliphatic rings.